The van der Waals surface area contributed by atoms with E-state index in [-0.39, 0.29) is 0 Å². The van der Waals surface area contributed by atoms with Crippen molar-refractivity contribution in [2.75, 3.05) is 0 Å². The Bertz CT molecular complexity index is 497. The van der Waals surface area contributed by atoms with Gasteiger partial charge in [-0.05, 0) is 66.5 Å². The minimum absolute atomic E-state index is 0.443. The average molecular weight is 239 g/mol. The molecule has 3 rings (SSSR count). The molecule has 18 heavy (non-hydrogen) atoms. The van der Waals surface area contributed by atoms with Crippen LogP contribution < -0.4 is 0 Å². The van der Waals surface area contributed by atoms with E-state index in [1.807, 2.05) is 12.1 Å². The minimum atomic E-state index is 0.443. The number of benzene rings is 1. The van der Waals surface area contributed by atoms with E-state index in [0.29, 0.717) is 5.41 Å². The lowest BCUT2D eigenvalue weighted by Gasteiger charge is -2.31. The molecular formula is C17H21N. The normalized spacial score (nSPS) is 33.9. The van der Waals surface area contributed by atoms with Gasteiger partial charge in [-0.15, -0.1) is 0 Å². The summed E-state index contributed by atoms with van der Waals surface area (Å²) in [5.41, 5.74) is 2.69. The maximum Gasteiger partial charge on any atom is 0.0991 e. The zero-order valence-electron chi connectivity index (χ0n) is 11.3. The van der Waals surface area contributed by atoms with Crippen molar-refractivity contribution in [1.29, 1.82) is 5.26 Å². The monoisotopic (exact) mass is 239 g/mol. The summed E-state index contributed by atoms with van der Waals surface area (Å²) in [4.78, 5) is 0. The van der Waals surface area contributed by atoms with Crippen LogP contribution >= 0.6 is 0 Å². The lowest BCUT2D eigenvalue weighted by molar-refractivity contribution is 0.252. The second-order valence-electron chi connectivity index (χ2n) is 6.53. The van der Waals surface area contributed by atoms with E-state index in [0.717, 1.165) is 23.3 Å². The van der Waals surface area contributed by atoms with Crippen molar-refractivity contribution in [3.05, 3.63) is 35.4 Å². The van der Waals surface area contributed by atoms with Gasteiger partial charge in [0.05, 0.1) is 11.6 Å². The van der Waals surface area contributed by atoms with E-state index in [9.17, 15) is 0 Å². The molecule has 0 saturated heterocycles. The van der Waals surface area contributed by atoms with Gasteiger partial charge in [0.1, 0.15) is 0 Å². The molecule has 1 aromatic carbocycles. The Balaban J connectivity index is 1.81. The molecule has 0 heterocycles. The summed E-state index contributed by atoms with van der Waals surface area (Å²) in [6.07, 6.45) is 5.44. The van der Waals surface area contributed by atoms with Crippen LogP contribution in [0.15, 0.2) is 24.3 Å². The lowest BCUT2D eigenvalue weighted by atomic mass is 9.74. The predicted octanol–water partition coefficient (Wildman–Crippen LogP) is 4.27. The van der Waals surface area contributed by atoms with E-state index >= 15 is 0 Å². The molecule has 0 aromatic heterocycles. The third-order valence-electron chi connectivity index (χ3n) is 5.29. The summed E-state index contributed by atoms with van der Waals surface area (Å²) in [5, 5.41) is 9.02. The van der Waals surface area contributed by atoms with E-state index in [1.165, 1.54) is 31.2 Å². The number of hydrogen-bond donors (Lipinski definition) is 0. The molecule has 1 heteroatoms. The molecule has 1 aromatic rings. The fourth-order valence-corrected chi connectivity index (χ4v) is 3.92. The highest BCUT2D eigenvalue weighted by molar-refractivity contribution is 5.41. The van der Waals surface area contributed by atoms with Crippen molar-refractivity contribution in [3.63, 3.8) is 0 Å². The molecular weight excluding hydrogens is 218 g/mol. The molecule has 1 nitrogen and oxygen atoms in total. The van der Waals surface area contributed by atoms with Gasteiger partial charge in [0.2, 0.25) is 0 Å². The number of nitriles is 1. The first-order valence-electron chi connectivity index (χ1n) is 7.16. The second-order valence-corrected chi connectivity index (χ2v) is 6.53. The molecule has 0 aliphatic heterocycles. The summed E-state index contributed by atoms with van der Waals surface area (Å²) in [6.45, 7) is 4.71. The first-order valence-corrected chi connectivity index (χ1v) is 7.16. The summed E-state index contributed by atoms with van der Waals surface area (Å²) in [5.74, 6) is 2.63. The minimum Gasteiger partial charge on any atom is -0.192 e. The van der Waals surface area contributed by atoms with Crippen LogP contribution in [0.2, 0.25) is 0 Å². The summed E-state index contributed by atoms with van der Waals surface area (Å²) in [6, 6.07) is 10.6. The third-order valence-corrected chi connectivity index (χ3v) is 5.29. The highest BCUT2D eigenvalue weighted by Crippen LogP contribution is 2.64. The molecule has 94 valence electrons. The number of hydrogen-bond acceptors (Lipinski definition) is 1. The molecule has 2 saturated carbocycles. The zero-order valence-corrected chi connectivity index (χ0v) is 11.3. The van der Waals surface area contributed by atoms with Crippen LogP contribution in [0, 0.1) is 29.1 Å². The summed E-state index contributed by atoms with van der Waals surface area (Å²) >= 11 is 0. The largest absolute Gasteiger partial charge is 0.192 e. The summed E-state index contributed by atoms with van der Waals surface area (Å²) in [7, 11) is 0. The van der Waals surface area contributed by atoms with Crippen molar-refractivity contribution in [2.24, 2.45) is 17.8 Å². The van der Waals surface area contributed by atoms with Gasteiger partial charge in [-0.1, -0.05) is 26.0 Å². The van der Waals surface area contributed by atoms with Gasteiger partial charge in [0.25, 0.3) is 0 Å². The number of rotatable bonds is 2. The van der Waals surface area contributed by atoms with Gasteiger partial charge in [0.15, 0.2) is 0 Å². The first-order chi connectivity index (χ1) is 8.65. The fourth-order valence-electron chi connectivity index (χ4n) is 3.92. The highest BCUT2D eigenvalue weighted by atomic mass is 14.6. The van der Waals surface area contributed by atoms with Crippen LogP contribution in [-0.2, 0) is 5.41 Å². The van der Waals surface area contributed by atoms with Gasteiger partial charge < -0.3 is 0 Å². The molecule has 2 aliphatic rings. The maximum absolute atomic E-state index is 9.02. The Hall–Kier alpha value is -1.29. The van der Waals surface area contributed by atoms with Gasteiger partial charge in [-0.2, -0.15) is 5.26 Å². The third kappa shape index (κ3) is 1.75. The standard InChI is InChI=1S/C17H21N/c1-12(2)14-6-7-17(10-16(17)9-14)15-5-3-4-13(8-15)11-18/h3-5,8,12,14,16H,6-7,9-10H2,1-2H3/t14?,16?,17-/m1/s1. The Kier molecular flexibility index (Phi) is 2.70. The van der Waals surface area contributed by atoms with Crippen LogP contribution in [-0.4, -0.2) is 0 Å². The quantitative estimate of drug-likeness (QED) is 0.756. The molecule has 0 N–H and O–H groups in total. The molecule has 0 spiro atoms. The fraction of sp³-hybridized carbons (Fsp3) is 0.588. The van der Waals surface area contributed by atoms with Crippen LogP contribution in [0.3, 0.4) is 0 Å². The Morgan fingerprint density at radius 1 is 1.39 bits per heavy atom. The van der Waals surface area contributed by atoms with Gasteiger partial charge in [-0.3, -0.25) is 0 Å². The van der Waals surface area contributed by atoms with Crippen LogP contribution in [0.25, 0.3) is 0 Å². The first kappa shape index (κ1) is 11.8. The van der Waals surface area contributed by atoms with E-state index in [1.54, 1.807) is 0 Å². The lowest BCUT2D eigenvalue weighted by Crippen LogP contribution is -2.22. The maximum atomic E-state index is 9.02. The molecule has 0 bridgehead atoms. The summed E-state index contributed by atoms with van der Waals surface area (Å²) < 4.78 is 0. The van der Waals surface area contributed by atoms with E-state index in [2.05, 4.69) is 32.0 Å². The Labute approximate surface area is 110 Å². The molecule has 0 radical (unpaired) electrons. The number of fused-ring (bicyclic) bond motifs is 1. The van der Waals surface area contributed by atoms with E-state index in [4.69, 9.17) is 5.26 Å². The van der Waals surface area contributed by atoms with Crippen molar-refractivity contribution in [2.45, 2.75) is 44.9 Å². The molecule has 2 fully saturated rings. The smallest absolute Gasteiger partial charge is 0.0991 e. The van der Waals surface area contributed by atoms with Crippen molar-refractivity contribution in [3.8, 4) is 6.07 Å². The van der Waals surface area contributed by atoms with Gasteiger partial charge in [0, 0.05) is 0 Å². The van der Waals surface area contributed by atoms with Gasteiger partial charge in [-0.25, -0.2) is 0 Å². The Morgan fingerprint density at radius 2 is 2.22 bits per heavy atom. The topological polar surface area (TPSA) is 23.8 Å². The molecule has 2 aliphatic carbocycles. The molecule has 3 atom stereocenters. The van der Waals surface area contributed by atoms with E-state index < -0.39 is 0 Å². The zero-order chi connectivity index (χ0) is 12.8. The molecule has 0 amide bonds. The SMILES string of the molecule is CC(C)C1CC[C@]2(c3cccc(C#N)c3)CC2C1. The van der Waals surface area contributed by atoms with Crippen LogP contribution in [0.1, 0.15) is 50.7 Å². The van der Waals surface area contributed by atoms with Crippen LogP contribution in [0.5, 0.6) is 0 Å². The van der Waals surface area contributed by atoms with Crippen molar-refractivity contribution >= 4 is 0 Å². The predicted molar refractivity (Wildman–Crippen MR) is 73.1 cm³/mol. The van der Waals surface area contributed by atoms with Crippen LogP contribution in [0.4, 0.5) is 0 Å². The second kappa shape index (κ2) is 4.12. The van der Waals surface area contributed by atoms with Gasteiger partial charge >= 0.3 is 0 Å². The van der Waals surface area contributed by atoms with Crippen molar-refractivity contribution in [1.82, 2.24) is 0 Å². The number of nitrogens with zero attached hydrogens (tertiary/aromatic N) is 1. The molecule has 2 unspecified atom stereocenters. The Morgan fingerprint density at radius 3 is 2.89 bits per heavy atom. The average Bonchev–Trinajstić information content (AvgIpc) is 3.13. The highest BCUT2D eigenvalue weighted by Gasteiger charge is 2.57. The van der Waals surface area contributed by atoms with Crippen molar-refractivity contribution < 1.29 is 0 Å².